The Hall–Kier alpha value is -0.323. The molecule has 0 aliphatic rings. The molecule has 0 aliphatic heterocycles. The zero-order valence-corrected chi connectivity index (χ0v) is 34.8. The summed E-state index contributed by atoms with van der Waals surface area (Å²) in [5, 5.41) is 56.8. The van der Waals surface area contributed by atoms with E-state index in [1.54, 1.807) is 0 Å². The van der Waals surface area contributed by atoms with Crippen molar-refractivity contribution in [3.05, 3.63) is 0 Å². The van der Waals surface area contributed by atoms with E-state index in [-0.39, 0.29) is 111 Å². The summed E-state index contributed by atoms with van der Waals surface area (Å²) in [6, 6.07) is 0. The largest absolute Gasteiger partial charge is 2.00 e. The van der Waals surface area contributed by atoms with Crippen LogP contribution in [0.1, 0.15) is 144 Å². The molecule has 0 heterocycles. The SMILES string of the molecule is CC(=O)[O-].CC(=O)[O-].CCCCCC(=O)[O-].CCCCCC(=O)[O-].CCCCCC(=O)[O-].CCCCCC(=O)[O-].[Ca+2].[Sn+2].[Sn+2]. The number of carboxylic acids is 6. The summed E-state index contributed by atoms with van der Waals surface area (Å²) in [4.78, 5) is 56.8. The van der Waals surface area contributed by atoms with Gasteiger partial charge in [0.2, 0.25) is 0 Å². The first-order chi connectivity index (χ1) is 18.5. The average Bonchev–Trinajstić information content (AvgIpc) is 2.80. The summed E-state index contributed by atoms with van der Waals surface area (Å²) in [5.74, 6) is -5.89. The number of unbranched alkanes of at least 4 members (excludes halogenated alkanes) is 8. The Kier molecular flexibility index (Phi) is 92.4. The first-order valence-corrected chi connectivity index (χ1v) is 13.7. The van der Waals surface area contributed by atoms with Gasteiger partial charge in [0.05, 0.1) is 0 Å². The Labute approximate surface area is 322 Å². The molecule has 0 aromatic heterocycles. The Morgan fingerprint density at radius 2 is 0.488 bits per heavy atom. The van der Waals surface area contributed by atoms with E-state index in [1.807, 2.05) is 27.7 Å². The summed E-state index contributed by atoms with van der Waals surface area (Å²) in [6.45, 7) is 10.1. The van der Waals surface area contributed by atoms with Gasteiger partial charge in [-0.2, -0.15) is 0 Å². The molecular weight excluding hydrogens is 806 g/mol. The number of carboxylic acid groups (broad SMARTS) is 6. The number of hydrogen-bond donors (Lipinski definition) is 0. The maximum absolute atomic E-state index is 9.76. The summed E-state index contributed by atoms with van der Waals surface area (Å²) in [6.07, 6.45) is 12.1. The van der Waals surface area contributed by atoms with Crippen molar-refractivity contribution in [3.8, 4) is 0 Å². The van der Waals surface area contributed by atoms with Crippen molar-refractivity contribution in [2.75, 3.05) is 0 Å². The molecule has 244 valence electrons. The van der Waals surface area contributed by atoms with Gasteiger partial charge in [0.15, 0.2) is 0 Å². The standard InChI is InChI=1S/4C6H12O2.2C2H4O2.Ca.2Sn/c4*1-2-3-4-5-6(7)8;2*1-2(3)4;;;/h4*2-5H2,1H3,(H,7,8);2*1H3,(H,3,4);;;/q;;;;;;3*+2/p-6. The number of aliphatic carboxylic acids is 6. The molecule has 0 spiro atoms. The van der Waals surface area contributed by atoms with Crippen molar-refractivity contribution >= 4 is 121 Å². The Balaban J connectivity index is -0.0000000463. The average molecular weight is 856 g/mol. The van der Waals surface area contributed by atoms with Gasteiger partial charge in [-0.05, 0) is 65.2 Å². The molecule has 0 saturated heterocycles. The van der Waals surface area contributed by atoms with Gasteiger partial charge in [0.25, 0.3) is 0 Å². The van der Waals surface area contributed by atoms with Crippen LogP contribution in [0.15, 0.2) is 0 Å². The molecule has 43 heavy (non-hydrogen) atoms. The van der Waals surface area contributed by atoms with Crippen LogP contribution in [0.3, 0.4) is 0 Å². The number of hydrogen-bond acceptors (Lipinski definition) is 12. The fourth-order valence-corrected chi connectivity index (χ4v) is 2.08. The minimum Gasteiger partial charge on any atom is -0.550 e. The Morgan fingerprint density at radius 1 is 0.372 bits per heavy atom. The van der Waals surface area contributed by atoms with Crippen molar-refractivity contribution in [3.63, 3.8) is 0 Å². The zero-order chi connectivity index (χ0) is 32.8. The molecule has 0 atom stereocenters. The van der Waals surface area contributed by atoms with Crippen LogP contribution in [0.4, 0.5) is 0 Å². The van der Waals surface area contributed by atoms with Crippen molar-refractivity contribution in [1.29, 1.82) is 0 Å². The van der Waals surface area contributed by atoms with E-state index < -0.39 is 35.8 Å². The molecule has 0 N–H and O–H groups in total. The van der Waals surface area contributed by atoms with Gasteiger partial charge in [0, 0.05) is 35.8 Å². The summed E-state index contributed by atoms with van der Waals surface area (Å²) in [5.41, 5.74) is 0. The van der Waals surface area contributed by atoms with Crippen LogP contribution in [0.2, 0.25) is 0 Å². The van der Waals surface area contributed by atoms with Crippen molar-refractivity contribution < 1.29 is 59.4 Å². The second kappa shape index (κ2) is 60.8. The molecule has 0 amide bonds. The third-order valence-electron chi connectivity index (χ3n) is 3.94. The first-order valence-electron chi connectivity index (χ1n) is 13.7. The Morgan fingerprint density at radius 3 is 0.558 bits per heavy atom. The Bertz CT molecular complexity index is 523. The van der Waals surface area contributed by atoms with Gasteiger partial charge in [-0.3, -0.25) is 0 Å². The topological polar surface area (TPSA) is 241 Å². The fraction of sp³-hybridized carbons (Fsp3) is 0.786. The number of carbonyl (C=O) groups excluding carboxylic acids is 6. The maximum atomic E-state index is 9.76. The zero-order valence-electron chi connectivity index (χ0n) is 26.9. The second-order valence-electron chi connectivity index (χ2n) is 8.30. The first kappa shape index (κ1) is 65.4. The van der Waals surface area contributed by atoms with Gasteiger partial charge >= 0.3 is 85.6 Å². The quantitative estimate of drug-likeness (QED) is 0.117. The van der Waals surface area contributed by atoms with E-state index in [0.29, 0.717) is 0 Å². The van der Waals surface area contributed by atoms with E-state index >= 15 is 0 Å². The predicted octanol–water partition coefficient (Wildman–Crippen LogP) is -2.36. The monoisotopic (exact) mass is 858 g/mol. The van der Waals surface area contributed by atoms with Crippen LogP contribution in [0.25, 0.3) is 0 Å². The molecule has 0 bridgehead atoms. The van der Waals surface area contributed by atoms with Gasteiger partial charge in [-0.1, -0.05) is 79.1 Å². The number of rotatable bonds is 16. The van der Waals surface area contributed by atoms with Crippen LogP contribution in [-0.2, 0) is 28.8 Å². The van der Waals surface area contributed by atoms with Crippen LogP contribution in [0.5, 0.6) is 0 Å². The van der Waals surface area contributed by atoms with Crippen molar-refractivity contribution in [2.45, 2.75) is 144 Å². The minimum atomic E-state index is -1.08. The summed E-state index contributed by atoms with van der Waals surface area (Å²) < 4.78 is 0. The molecule has 0 aromatic rings. The van der Waals surface area contributed by atoms with Crippen molar-refractivity contribution in [1.82, 2.24) is 0 Å². The van der Waals surface area contributed by atoms with E-state index in [1.165, 1.54) is 0 Å². The molecule has 4 radical (unpaired) electrons. The van der Waals surface area contributed by atoms with Gasteiger partial charge < -0.3 is 59.4 Å². The molecule has 0 unspecified atom stereocenters. The van der Waals surface area contributed by atoms with Gasteiger partial charge in [-0.15, -0.1) is 0 Å². The smallest absolute Gasteiger partial charge is 0.550 e. The molecule has 15 heteroatoms. The van der Waals surface area contributed by atoms with E-state index in [9.17, 15) is 39.6 Å². The van der Waals surface area contributed by atoms with Gasteiger partial charge in [0.1, 0.15) is 0 Å². The fourth-order valence-electron chi connectivity index (χ4n) is 2.08. The molecule has 0 fully saturated rings. The summed E-state index contributed by atoms with van der Waals surface area (Å²) >= 11 is 0. The summed E-state index contributed by atoms with van der Waals surface area (Å²) in [7, 11) is 0. The third kappa shape index (κ3) is 169. The van der Waals surface area contributed by atoms with Crippen LogP contribution in [-0.4, -0.2) is 121 Å². The van der Waals surface area contributed by atoms with Crippen LogP contribution < -0.4 is 30.6 Å². The maximum Gasteiger partial charge on any atom is 2.00 e. The van der Waals surface area contributed by atoms with E-state index in [2.05, 4.69) is 0 Å². The molecular formula is C28H50CaO12Sn2. The van der Waals surface area contributed by atoms with Crippen LogP contribution >= 0.6 is 0 Å². The molecule has 0 rings (SSSR count). The molecule has 0 aliphatic carbocycles. The predicted molar refractivity (Wildman–Crippen MR) is 155 cm³/mol. The number of carbonyl (C=O) groups is 6. The molecule has 0 aromatic carbocycles. The van der Waals surface area contributed by atoms with Crippen molar-refractivity contribution in [2.24, 2.45) is 0 Å². The minimum absolute atomic E-state index is 0. The third-order valence-corrected chi connectivity index (χ3v) is 3.94. The van der Waals surface area contributed by atoms with E-state index in [4.69, 9.17) is 19.8 Å². The molecule has 12 nitrogen and oxygen atoms in total. The van der Waals surface area contributed by atoms with Crippen LogP contribution in [0, 0.1) is 0 Å². The van der Waals surface area contributed by atoms with Gasteiger partial charge in [-0.25, -0.2) is 0 Å². The second-order valence-corrected chi connectivity index (χ2v) is 8.30. The normalized spacial score (nSPS) is 7.95. The molecule has 0 saturated carbocycles. The van der Waals surface area contributed by atoms with E-state index in [0.717, 1.165) is 90.9 Å².